The van der Waals surface area contributed by atoms with Gasteiger partial charge in [0.2, 0.25) is 11.8 Å². The van der Waals surface area contributed by atoms with Crippen molar-refractivity contribution >= 4 is 12.0 Å². The average molecular weight is 359 g/mol. The summed E-state index contributed by atoms with van der Waals surface area (Å²) in [4.78, 5) is 20.3. The molecule has 1 N–H and O–H groups in total. The maximum Gasteiger partial charge on any atom is 0.244 e. The van der Waals surface area contributed by atoms with Gasteiger partial charge in [-0.2, -0.15) is 0 Å². The quantitative estimate of drug-likeness (QED) is 0.660. The Morgan fingerprint density at radius 3 is 2.70 bits per heavy atom. The second-order valence-corrected chi connectivity index (χ2v) is 6.19. The number of benzene rings is 2. The molecule has 0 bridgehead atoms. The molecule has 1 heterocycles. The monoisotopic (exact) mass is 359 g/mol. The van der Waals surface area contributed by atoms with Gasteiger partial charge in [0.15, 0.2) is 0 Å². The van der Waals surface area contributed by atoms with Crippen LogP contribution in [0.5, 0.6) is 11.6 Å². The van der Waals surface area contributed by atoms with Crippen LogP contribution < -0.4 is 10.1 Å². The SMILES string of the molecule is Cc1ccc(/C=C\C(=O)N[C@@H](C)c2cccc(Oc3cnccn3)c2)cc1. The number of amides is 1. The summed E-state index contributed by atoms with van der Waals surface area (Å²) in [5, 5.41) is 2.96. The molecule has 3 aromatic rings. The molecule has 0 unspecified atom stereocenters. The molecule has 0 aliphatic heterocycles. The normalized spacial score (nSPS) is 11.9. The summed E-state index contributed by atoms with van der Waals surface area (Å²) < 4.78 is 5.69. The van der Waals surface area contributed by atoms with Crippen LogP contribution in [0.2, 0.25) is 0 Å². The Kier molecular flexibility index (Phi) is 5.94. The first-order valence-electron chi connectivity index (χ1n) is 8.69. The standard InChI is InChI=1S/C22H21N3O2/c1-16-6-8-18(9-7-16)10-11-21(26)25-17(2)19-4-3-5-20(14-19)27-22-15-23-12-13-24-22/h3-15,17H,1-2H3,(H,25,26)/b11-10-/t17-/m0/s1. The highest BCUT2D eigenvalue weighted by Crippen LogP contribution is 2.22. The zero-order chi connectivity index (χ0) is 19.1. The van der Waals surface area contributed by atoms with Crippen molar-refractivity contribution in [1.29, 1.82) is 0 Å². The summed E-state index contributed by atoms with van der Waals surface area (Å²) in [6.07, 6.45) is 8.05. The number of nitrogens with one attached hydrogen (secondary N) is 1. The smallest absolute Gasteiger partial charge is 0.244 e. The van der Waals surface area contributed by atoms with Crippen molar-refractivity contribution in [3.05, 3.63) is 89.9 Å². The van der Waals surface area contributed by atoms with Crippen molar-refractivity contribution in [3.63, 3.8) is 0 Å². The summed E-state index contributed by atoms with van der Waals surface area (Å²) in [6.45, 7) is 3.96. The summed E-state index contributed by atoms with van der Waals surface area (Å²) in [7, 11) is 0. The highest BCUT2D eigenvalue weighted by atomic mass is 16.5. The molecular weight excluding hydrogens is 338 g/mol. The molecule has 5 nitrogen and oxygen atoms in total. The molecule has 1 aromatic heterocycles. The Balaban J connectivity index is 1.61. The Morgan fingerprint density at radius 2 is 1.96 bits per heavy atom. The predicted octanol–water partition coefficient (Wildman–Crippen LogP) is 4.47. The van der Waals surface area contributed by atoms with E-state index in [9.17, 15) is 4.79 Å². The third-order valence-electron chi connectivity index (χ3n) is 3.98. The largest absolute Gasteiger partial charge is 0.437 e. The highest BCUT2D eigenvalue weighted by molar-refractivity contribution is 5.91. The molecule has 0 radical (unpaired) electrons. The zero-order valence-corrected chi connectivity index (χ0v) is 15.3. The maximum atomic E-state index is 12.2. The summed E-state index contributed by atoms with van der Waals surface area (Å²) in [5.74, 6) is 0.917. The van der Waals surface area contributed by atoms with E-state index in [1.54, 1.807) is 30.7 Å². The minimum Gasteiger partial charge on any atom is -0.437 e. The molecule has 1 atom stereocenters. The van der Waals surface area contributed by atoms with Crippen LogP contribution in [-0.2, 0) is 4.79 Å². The number of hydrogen-bond donors (Lipinski definition) is 1. The molecule has 27 heavy (non-hydrogen) atoms. The van der Waals surface area contributed by atoms with Gasteiger partial charge in [0.25, 0.3) is 0 Å². The second-order valence-electron chi connectivity index (χ2n) is 6.19. The minimum atomic E-state index is -0.162. The van der Waals surface area contributed by atoms with Crippen LogP contribution in [0.4, 0.5) is 0 Å². The van der Waals surface area contributed by atoms with Gasteiger partial charge in [-0.15, -0.1) is 0 Å². The lowest BCUT2D eigenvalue weighted by atomic mass is 10.1. The molecule has 0 fully saturated rings. The van der Waals surface area contributed by atoms with Crippen molar-refractivity contribution in [1.82, 2.24) is 15.3 Å². The van der Waals surface area contributed by atoms with E-state index in [1.807, 2.05) is 62.4 Å². The van der Waals surface area contributed by atoms with E-state index >= 15 is 0 Å². The summed E-state index contributed by atoms with van der Waals surface area (Å²) >= 11 is 0. The molecule has 0 aliphatic carbocycles. The van der Waals surface area contributed by atoms with Crippen LogP contribution in [-0.4, -0.2) is 15.9 Å². The Labute approximate surface area is 158 Å². The first kappa shape index (κ1) is 18.3. The van der Waals surface area contributed by atoms with E-state index in [0.717, 1.165) is 11.1 Å². The van der Waals surface area contributed by atoms with Gasteiger partial charge in [0, 0.05) is 18.5 Å². The molecule has 1 amide bonds. The van der Waals surface area contributed by atoms with Gasteiger partial charge < -0.3 is 10.1 Å². The lowest BCUT2D eigenvalue weighted by Crippen LogP contribution is -2.24. The number of carbonyl (C=O) groups excluding carboxylic acids is 1. The fourth-order valence-corrected chi connectivity index (χ4v) is 2.50. The van der Waals surface area contributed by atoms with Crippen LogP contribution >= 0.6 is 0 Å². The first-order chi connectivity index (χ1) is 13.1. The predicted molar refractivity (Wildman–Crippen MR) is 105 cm³/mol. The number of ether oxygens (including phenoxy) is 1. The summed E-state index contributed by atoms with van der Waals surface area (Å²) in [5.41, 5.74) is 3.12. The molecule has 136 valence electrons. The van der Waals surface area contributed by atoms with Crippen LogP contribution in [0.1, 0.15) is 29.7 Å². The summed E-state index contributed by atoms with van der Waals surface area (Å²) in [6, 6.07) is 15.4. The fraction of sp³-hybridized carbons (Fsp3) is 0.136. The number of hydrogen-bond acceptors (Lipinski definition) is 4. The first-order valence-corrected chi connectivity index (χ1v) is 8.69. The van der Waals surface area contributed by atoms with Crippen LogP contribution in [0.3, 0.4) is 0 Å². The number of carbonyl (C=O) groups is 1. The Morgan fingerprint density at radius 1 is 1.15 bits per heavy atom. The Bertz CT molecular complexity index is 922. The van der Waals surface area contributed by atoms with Gasteiger partial charge in [-0.3, -0.25) is 9.78 Å². The van der Waals surface area contributed by atoms with Crippen molar-refractivity contribution in [2.45, 2.75) is 19.9 Å². The molecule has 0 aliphatic rings. The van der Waals surface area contributed by atoms with Gasteiger partial charge in [-0.1, -0.05) is 42.0 Å². The Hall–Kier alpha value is -3.47. The topological polar surface area (TPSA) is 64.1 Å². The van der Waals surface area contributed by atoms with E-state index in [1.165, 1.54) is 5.56 Å². The van der Waals surface area contributed by atoms with E-state index in [0.29, 0.717) is 11.6 Å². The third-order valence-corrected chi connectivity index (χ3v) is 3.98. The van der Waals surface area contributed by atoms with Gasteiger partial charge in [-0.05, 0) is 43.2 Å². The molecule has 2 aromatic carbocycles. The van der Waals surface area contributed by atoms with Crippen molar-refractivity contribution in [2.24, 2.45) is 0 Å². The van der Waals surface area contributed by atoms with E-state index in [4.69, 9.17) is 4.74 Å². The lowest BCUT2D eigenvalue weighted by Gasteiger charge is -2.14. The van der Waals surface area contributed by atoms with Gasteiger partial charge >= 0.3 is 0 Å². The molecule has 0 saturated heterocycles. The number of rotatable bonds is 6. The lowest BCUT2D eigenvalue weighted by molar-refractivity contribution is -0.117. The van der Waals surface area contributed by atoms with E-state index in [-0.39, 0.29) is 11.9 Å². The highest BCUT2D eigenvalue weighted by Gasteiger charge is 2.09. The van der Waals surface area contributed by atoms with Gasteiger partial charge in [0.1, 0.15) is 5.75 Å². The molecular formula is C22H21N3O2. The minimum absolute atomic E-state index is 0.150. The van der Waals surface area contributed by atoms with Crippen molar-refractivity contribution < 1.29 is 9.53 Å². The van der Waals surface area contributed by atoms with Crippen LogP contribution in [0.25, 0.3) is 6.08 Å². The second kappa shape index (κ2) is 8.76. The van der Waals surface area contributed by atoms with E-state index < -0.39 is 0 Å². The molecule has 0 saturated carbocycles. The molecule has 5 heteroatoms. The molecule has 0 spiro atoms. The fourth-order valence-electron chi connectivity index (χ4n) is 2.50. The van der Waals surface area contributed by atoms with Gasteiger partial charge in [-0.25, -0.2) is 4.98 Å². The van der Waals surface area contributed by atoms with Gasteiger partial charge in [0.05, 0.1) is 12.2 Å². The number of aromatic nitrogens is 2. The molecule has 3 rings (SSSR count). The number of aryl methyl sites for hydroxylation is 1. The van der Waals surface area contributed by atoms with Crippen molar-refractivity contribution in [3.8, 4) is 11.6 Å². The van der Waals surface area contributed by atoms with Crippen molar-refractivity contribution in [2.75, 3.05) is 0 Å². The van der Waals surface area contributed by atoms with Crippen LogP contribution in [0, 0.1) is 6.92 Å². The zero-order valence-electron chi connectivity index (χ0n) is 15.3. The average Bonchev–Trinajstić information content (AvgIpc) is 2.68. The van der Waals surface area contributed by atoms with E-state index in [2.05, 4.69) is 15.3 Å². The van der Waals surface area contributed by atoms with Crippen LogP contribution in [0.15, 0.2) is 73.2 Å². The number of nitrogens with zero attached hydrogens (tertiary/aromatic N) is 2. The maximum absolute atomic E-state index is 12.2. The third kappa shape index (κ3) is 5.51.